The number of fused-ring (bicyclic) bond motifs is 1. The van der Waals surface area contributed by atoms with Crippen molar-refractivity contribution in [1.29, 1.82) is 0 Å². The molecule has 1 heterocycles. The van der Waals surface area contributed by atoms with Crippen LogP contribution in [0.3, 0.4) is 0 Å². The summed E-state index contributed by atoms with van der Waals surface area (Å²) in [6, 6.07) is 27.9. The van der Waals surface area contributed by atoms with Crippen LogP contribution in [0, 0.1) is 5.41 Å². The normalized spacial score (nSPS) is 16.5. The van der Waals surface area contributed by atoms with Gasteiger partial charge in [0.1, 0.15) is 13.2 Å². The molecule has 6 nitrogen and oxygen atoms in total. The highest BCUT2D eigenvalue weighted by Crippen LogP contribution is 2.27. The van der Waals surface area contributed by atoms with Gasteiger partial charge in [0.15, 0.2) is 11.5 Å². The van der Waals surface area contributed by atoms with Crippen molar-refractivity contribution >= 4 is 0 Å². The van der Waals surface area contributed by atoms with E-state index in [0.29, 0.717) is 77.6 Å². The van der Waals surface area contributed by atoms with E-state index in [-0.39, 0.29) is 0 Å². The summed E-state index contributed by atoms with van der Waals surface area (Å²) in [5.41, 5.74) is 1.78. The largest absolute Gasteiger partial charge is 0.487 e. The second-order valence-corrected chi connectivity index (χ2v) is 8.71. The van der Waals surface area contributed by atoms with Crippen molar-refractivity contribution in [3.8, 4) is 11.5 Å². The van der Waals surface area contributed by atoms with E-state index in [1.54, 1.807) is 0 Å². The third kappa shape index (κ3) is 8.37. The predicted octanol–water partition coefficient (Wildman–Crippen LogP) is 4.91. The van der Waals surface area contributed by atoms with Gasteiger partial charge in [-0.25, -0.2) is 0 Å². The van der Waals surface area contributed by atoms with E-state index in [1.165, 1.54) is 0 Å². The Morgan fingerprint density at radius 2 is 0.971 bits per heavy atom. The number of para-hydroxylation sites is 2. The van der Waals surface area contributed by atoms with Crippen molar-refractivity contribution in [3.63, 3.8) is 0 Å². The van der Waals surface area contributed by atoms with Gasteiger partial charge in [-0.2, -0.15) is 0 Å². The minimum absolute atomic E-state index is 0.424. The maximum atomic E-state index is 6.16. The molecule has 3 aromatic rings. The first-order chi connectivity index (χ1) is 17.3. The zero-order valence-electron chi connectivity index (χ0n) is 20.1. The minimum Gasteiger partial charge on any atom is -0.487 e. The molecule has 0 aromatic heterocycles. The molecule has 0 aliphatic carbocycles. The van der Waals surface area contributed by atoms with Gasteiger partial charge in [0.2, 0.25) is 0 Å². The fraction of sp³-hybridized carbons (Fsp3) is 0.379. The van der Waals surface area contributed by atoms with E-state index in [0.717, 1.165) is 11.1 Å². The molecule has 4 rings (SSSR count). The second kappa shape index (κ2) is 13.9. The first kappa shape index (κ1) is 25.2. The quantitative estimate of drug-likeness (QED) is 0.459. The maximum Gasteiger partial charge on any atom is 0.161 e. The summed E-state index contributed by atoms with van der Waals surface area (Å²) >= 11 is 0. The van der Waals surface area contributed by atoms with E-state index < -0.39 is 5.41 Å². The summed E-state index contributed by atoms with van der Waals surface area (Å²) in [6.07, 6.45) is 0. The lowest BCUT2D eigenvalue weighted by atomic mass is 9.92. The first-order valence-electron chi connectivity index (χ1n) is 12.1. The lowest BCUT2D eigenvalue weighted by molar-refractivity contribution is -0.114. The Morgan fingerprint density at radius 1 is 0.543 bits per heavy atom. The lowest BCUT2D eigenvalue weighted by Gasteiger charge is -2.33. The molecule has 1 aliphatic heterocycles. The molecule has 0 fully saturated rings. The molecular weight excluding hydrogens is 444 g/mol. The van der Waals surface area contributed by atoms with Gasteiger partial charge in [0.25, 0.3) is 0 Å². The molecule has 35 heavy (non-hydrogen) atoms. The highest BCUT2D eigenvalue weighted by molar-refractivity contribution is 5.39. The van der Waals surface area contributed by atoms with E-state index in [2.05, 4.69) is 24.3 Å². The third-order valence-electron chi connectivity index (χ3n) is 5.68. The Labute approximate surface area is 207 Å². The molecule has 0 spiro atoms. The van der Waals surface area contributed by atoms with Gasteiger partial charge >= 0.3 is 0 Å². The number of hydrogen-bond donors (Lipinski definition) is 0. The molecular formula is C29H34O6. The van der Waals surface area contributed by atoms with Gasteiger partial charge in [0, 0.05) is 0 Å². The second-order valence-electron chi connectivity index (χ2n) is 8.71. The molecule has 0 bridgehead atoms. The molecule has 0 amide bonds. The summed E-state index contributed by atoms with van der Waals surface area (Å²) in [5.74, 6) is 1.41. The molecule has 1 aliphatic rings. The van der Waals surface area contributed by atoms with Crippen LogP contribution < -0.4 is 9.47 Å². The molecule has 3 aromatic carbocycles. The average Bonchev–Trinajstić information content (AvgIpc) is 2.91. The number of rotatable bonds is 8. The Bertz CT molecular complexity index is 898. The molecule has 0 saturated heterocycles. The summed E-state index contributed by atoms with van der Waals surface area (Å²) < 4.78 is 36.3. The Balaban J connectivity index is 1.40. The van der Waals surface area contributed by atoms with Gasteiger partial charge < -0.3 is 28.4 Å². The SMILES string of the molecule is c1ccc(COCC2(COCc3ccccc3)COCCOc3ccccc3OCCOC2)cc1. The van der Waals surface area contributed by atoms with Crippen LogP contribution in [0.25, 0.3) is 0 Å². The van der Waals surface area contributed by atoms with Crippen LogP contribution in [0.4, 0.5) is 0 Å². The van der Waals surface area contributed by atoms with Gasteiger partial charge in [0.05, 0.1) is 58.3 Å². The Kier molecular flexibility index (Phi) is 9.97. The minimum atomic E-state index is -0.468. The topological polar surface area (TPSA) is 55.4 Å². The monoisotopic (exact) mass is 478 g/mol. The van der Waals surface area contributed by atoms with Crippen LogP contribution in [-0.4, -0.2) is 52.9 Å². The van der Waals surface area contributed by atoms with Crippen LogP contribution in [0.15, 0.2) is 84.9 Å². The molecule has 0 radical (unpaired) electrons. The third-order valence-corrected chi connectivity index (χ3v) is 5.68. The van der Waals surface area contributed by atoms with E-state index in [9.17, 15) is 0 Å². The fourth-order valence-corrected chi connectivity index (χ4v) is 3.86. The summed E-state index contributed by atoms with van der Waals surface area (Å²) in [5, 5.41) is 0. The standard InChI is InChI=1S/C29H34O6/c1-3-9-25(10-4-1)19-32-23-29(24-33-20-26-11-5-2-6-12-26)21-30-15-17-34-27-13-7-8-14-28(27)35-18-16-31-22-29/h1-14H,15-24H2. The van der Waals surface area contributed by atoms with Gasteiger partial charge in [-0.3, -0.25) is 0 Å². The van der Waals surface area contributed by atoms with Crippen LogP contribution in [0.1, 0.15) is 11.1 Å². The van der Waals surface area contributed by atoms with Crippen molar-refractivity contribution in [2.24, 2.45) is 5.41 Å². The fourth-order valence-electron chi connectivity index (χ4n) is 3.86. The molecule has 0 atom stereocenters. The van der Waals surface area contributed by atoms with Crippen molar-refractivity contribution in [1.82, 2.24) is 0 Å². The predicted molar refractivity (Wildman–Crippen MR) is 134 cm³/mol. The molecule has 0 saturated carbocycles. The van der Waals surface area contributed by atoms with E-state index in [4.69, 9.17) is 28.4 Å². The Hall–Kier alpha value is -2.90. The molecule has 6 heteroatoms. The van der Waals surface area contributed by atoms with Crippen LogP contribution in [0.5, 0.6) is 11.5 Å². The Morgan fingerprint density at radius 3 is 1.43 bits per heavy atom. The highest BCUT2D eigenvalue weighted by atomic mass is 16.6. The maximum absolute atomic E-state index is 6.16. The summed E-state index contributed by atoms with van der Waals surface area (Å²) in [6.45, 7) is 4.51. The number of benzene rings is 3. The number of hydrogen-bond acceptors (Lipinski definition) is 6. The van der Waals surface area contributed by atoms with E-state index >= 15 is 0 Å². The summed E-state index contributed by atoms with van der Waals surface area (Å²) in [4.78, 5) is 0. The smallest absolute Gasteiger partial charge is 0.161 e. The average molecular weight is 479 g/mol. The highest BCUT2D eigenvalue weighted by Gasteiger charge is 2.33. The van der Waals surface area contributed by atoms with Gasteiger partial charge in [-0.1, -0.05) is 72.8 Å². The van der Waals surface area contributed by atoms with Crippen LogP contribution >= 0.6 is 0 Å². The van der Waals surface area contributed by atoms with Crippen molar-refractivity contribution in [3.05, 3.63) is 96.1 Å². The molecule has 0 N–H and O–H groups in total. The van der Waals surface area contributed by atoms with Crippen molar-refractivity contribution < 1.29 is 28.4 Å². The van der Waals surface area contributed by atoms with Crippen LogP contribution in [0.2, 0.25) is 0 Å². The number of ether oxygens (including phenoxy) is 6. The zero-order valence-corrected chi connectivity index (χ0v) is 20.1. The summed E-state index contributed by atoms with van der Waals surface area (Å²) in [7, 11) is 0. The van der Waals surface area contributed by atoms with Crippen LogP contribution in [-0.2, 0) is 32.2 Å². The van der Waals surface area contributed by atoms with E-state index in [1.807, 2.05) is 60.7 Å². The van der Waals surface area contributed by atoms with Gasteiger partial charge in [-0.15, -0.1) is 0 Å². The first-order valence-corrected chi connectivity index (χ1v) is 12.1. The molecule has 0 unspecified atom stereocenters. The van der Waals surface area contributed by atoms with Crippen molar-refractivity contribution in [2.45, 2.75) is 13.2 Å². The van der Waals surface area contributed by atoms with Gasteiger partial charge in [-0.05, 0) is 23.3 Å². The lowest BCUT2D eigenvalue weighted by Crippen LogP contribution is -2.42. The zero-order chi connectivity index (χ0) is 24.0. The molecule has 186 valence electrons. The van der Waals surface area contributed by atoms with Crippen molar-refractivity contribution in [2.75, 3.05) is 52.9 Å².